The molecule has 1 aliphatic carbocycles. The molecule has 1 aliphatic rings. The fraction of sp³-hybridized carbons (Fsp3) is 0.667. The van der Waals surface area contributed by atoms with Gasteiger partial charge in [0.25, 0.3) is 5.69 Å². The zero-order chi connectivity index (χ0) is 26.5. The lowest BCUT2D eigenvalue weighted by Gasteiger charge is -2.41. The lowest BCUT2D eigenvalue weighted by Crippen LogP contribution is -2.60. The van der Waals surface area contributed by atoms with Gasteiger partial charge in [0.15, 0.2) is 0 Å². The topological polar surface area (TPSA) is 136 Å². The van der Waals surface area contributed by atoms with Crippen molar-refractivity contribution in [2.45, 2.75) is 81.9 Å². The van der Waals surface area contributed by atoms with Crippen LogP contribution in [-0.4, -0.2) is 50.1 Å². The number of nitro groups is 1. The van der Waals surface area contributed by atoms with Gasteiger partial charge in [-0.1, -0.05) is 0 Å². The van der Waals surface area contributed by atoms with Crippen LogP contribution < -0.4 is 4.72 Å². The fourth-order valence-corrected chi connectivity index (χ4v) is 6.66. The van der Waals surface area contributed by atoms with E-state index < -0.39 is 64.2 Å². The van der Waals surface area contributed by atoms with Gasteiger partial charge in [0.05, 0.1) is 26.2 Å². The van der Waals surface area contributed by atoms with Gasteiger partial charge in [-0.3, -0.25) is 10.1 Å². The van der Waals surface area contributed by atoms with E-state index in [9.17, 15) is 27.5 Å². The van der Waals surface area contributed by atoms with Gasteiger partial charge in [-0.05, 0) is 67.4 Å². The SMILES string of the molecule is CN(C(=O)OC(C)(C)C)S(=O)(=O)C1([C@](C)(N[S@@](=O)C(C)(C)C)c2cc([N+](=O)[O-])ccc2F)CC1. The van der Waals surface area contributed by atoms with E-state index in [1.54, 1.807) is 41.5 Å². The molecule has 0 spiro atoms. The van der Waals surface area contributed by atoms with Crippen LogP contribution in [0.1, 0.15) is 66.9 Å². The molecule has 0 aliphatic heterocycles. The van der Waals surface area contributed by atoms with Crippen LogP contribution >= 0.6 is 0 Å². The zero-order valence-electron chi connectivity index (χ0n) is 20.6. The number of nitro benzene ring substituents is 1. The summed E-state index contributed by atoms with van der Waals surface area (Å²) < 4.78 is 61.5. The normalized spacial score (nSPS) is 18.5. The third-order valence-corrected chi connectivity index (χ3v) is 10.1. The van der Waals surface area contributed by atoms with Gasteiger partial charge < -0.3 is 4.74 Å². The number of hydrogen-bond acceptors (Lipinski definition) is 7. The third kappa shape index (κ3) is 5.10. The Kier molecular flexibility index (Phi) is 7.30. The molecule has 0 saturated heterocycles. The molecule has 1 amide bonds. The Bertz CT molecular complexity index is 1120. The van der Waals surface area contributed by atoms with E-state index in [0.717, 1.165) is 25.2 Å². The van der Waals surface area contributed by atoms with Crippen LogP contribution in [0.5, 0.6) is 0 Å². The maximum Gasteiger partial charge on any atom is 0.423 e. The molecular formula is C21H32FN3O7S2. The van der Waals surface area contributed by atoms with E-state index in [4.69, 9.17) is 4.74 Å². The van der Waals surface area contributed by atoms with Crippen molar-refractivity contribution in [2.24, 2.45) is 0 Å². The molecule has 0 unspecified atom stereocenters. The van der Waals surface area contributed by atoms with Crippen molar-refractivity contribution in [1.29, 1.82) is 0 Å². The van der Waals surface area contributed by atoms with Crippen molar-refractivity contribution < 1.29 is 31.5 Å². The van der Waals surface area contributed by atoms with Crippen molar-refractivity contribution in [3.05, 3.63) is 39.7 Å². The first-order chi connectivity index (χ1) is 15.2. The standard InChI is InChI=1S/C21H32FN3O7S2/c1-18(2,3)32-17(26)24(8)34(30,31)21(11-12-21)20(7,23-33(29)19(4,5)6)15-13-14(25(27)28)9-10-16(15)22/h9-10,13,23H,11-12H2,1-8H3/t20-,33+/m1/s1. The molecule has 2 rings (SSSR count). The average Bonchev–Trinajstić information content (AvgIpc) is 3.48. The Balaban J connectivity index is 2.73. The number of carbonyl (C=O) groups is 1. The van der Waals surface area contributed by atoms with Gasteiger partial charge in [-0.25, -0.2) is 30.8 Å². The molecule has 34 heavy (non-hydrogen) atoms. The summed E-state index contributed by atoms with van der Waals surface area (Å²) in [6, 6.07) is 2.76. The number of rotatable bonds is 7. The first-order valence-corrected chi connectivity index (χ1v) is 13.1. The van der Waals surface area contributed by atoms with E-state index in [2.05, 4.69) is 4.72 Å². The van der Waals surface area contributed by atoms with Crippen LogP contribution in [0.3, 0.4) is 0 Å². The Morgan fingerprint density at radius 3 is 2.15 bits per heavy atom. The summed E-state index contributed by atoms with van der Waals surface area (Å²) in [6.07, 6.45) is -1.14. The second-order valence-corrected chi connectivity index (χ2v) is 14.7. The van der Waals surface area contributed by atoms with E-state index in [1.807, 2.05) is 0 Å². The number of benzene rings is 1. The zero-order valence-corrected chi connectivity index (χ0v) is 22.2. The fourth-order valence-electron chi connectivity index (χ4n) is 3.56. The molecule has 2 atom stereocenters. The predicted molar refractivity (Wildman–Crippen MR) is 126 cm³/mol. The summed E-state index contributed by atoms with van der Waals surface area (Å²) in [5, 5.41) is 11.4. The summed E-state index contributed by atoms with van der Waals surface area (Å²) in [7, 11) is -5.38. The largest absolute Gasteiger partial charge is 0.443 e. The summed E-state index contributed by atoms with van der Waals surface area (Å²) in [6.45, 7) is 11.0. The van der Waals surface area contributed by atoms with Gasteiger partial charge in [-0.2, -0.15) is 0 Å². The molecule has 1 aromatic rings. The number of non-ortho nitro benzene ring substituents is 1. The van der Waals surface area contributed by atoms with Crippen LogP contribution in [-0.2, 0) is 31.3 Å². The summed E-state index contributed by atoms with van der Waals surface area (Å²) >= 11 is 0. The van der Waals surface area contributed by atoms with Crippen molar-refractivity contribution >= 4 is 32.8 Å². The number of ether oxygens (including phenoxy) is 1. The number of amides is 1. The highest BCUT2D eigenvalue weighted by Crippen LogP contribution is 2.57. The highest BCUT2D eigenvalue weighted by Gasteiger charge is 2.69. The first-order valence-electron chi connectivity index (χ1n) is 10.6. The maximum absolute atomic E-state index is 15.1. The van der Waals surface area contributed by atoms with Crippen molar-refractivity contribution in [2.75, 3.05) is 7.05 Å². The molecule has 0 radical (unpaired) electrons. The third-order valence-electron chi connectivity index (χ3n) is 5.67. The van der Waals surface area contributed by atoms with Gasteiger partial charge >= 0.3 is 6.09 Å². The lowest BCUT2D eigenvalue weighted by molar-refractivity contribution is -0.385. The van der Waals surface area contributed by atoms with E-state index in [1.165, 1.54) is 6.92 Å². The van der Waals surface area contributed by atoms with Crippen molar-refractivity contribution in [3.8, 4) is 0 Å². The monoisotopic (exact) mass is 521 g/mol. The number of sulfonamides is 1. The van der Waals surface area contributed by atoms with Gasteiger partial charge in [0, 0.05) is 24.7 Å². The Hall–Kier alpha value is -2.12. The minimum Gasteiger partial charge on any atom is -0.443 e. The second-order valence-electron chi connectivity index (χ2n) is 10.5. The summed E-state index contributed by atoms with van der Waals surface area (Å²) in [5.41, 5.74) is -3.66. The molecule has 1 fully saturated rings. The highest BCUT2D eigenvalue weighted by molar-refractivity contribution is 7.91. The number of nitrogens with zero attached hydrogens (tertiary/aromatic N) is 2. The molecule has 0 heterocycles. The molecule has 1 saturated carbocycles. The molecule has 0 bridgehead atoms. The number of carbonyl (C=O) groups excluding carboxylic acids is 1. The summed E-state index contributed by atoms with van der Waals surface area (Å²) in [5.74, 6) is -0.909. The first kappa shape index (κ1) is 28.1. The molecule has 0 aromatic heterocycles. The Morgan fingerprint density at radius 2 is 1.74 bits per heavy atom. The van der Waals surface area contributed by atoms with Crippen LogP contribution in [0.15, 0.2) is 18.2 Å². The average molecular weight is 522 g/mol. The van der Waals surface area contributed by atoms with Crippen molar-refractivity contribution in [1.82, 2.24) is 9.03 Å². The molecule has 1 aromatic carbocycles. The van der Waals surface area contributed by atoms with Gasteiger partial charge in [-0.15, -0.1) is 0 Å². The molecule has 10 nitrogen and oxygen atoms in total. The second kappa shape index (κ2) is 8.83. The summed E-state index contributed by atoms with van der Waals surface area (Å²) in [4.78, 5) is 23.3. The number of nitrogens with one attached hydrogen (secondary N) is 1. The quantitative estimate of drug-likeness (QED) is 0.426. The molecule has 192 valence electrons. The van der Waals surface area contributed by atoms with E-state index >= 15 is 4.39 Å². The highest BCUT2D eigenvalue weighted by atomic mass is 32.2. The lowest BCUT2D eigenvalue weighted by atomic mass is 9.86. The van der Waals surface area contributed by atoms with E-state index in [0.29, 0.717) is 4.31 Å². The predicted octanol–water partition coefficient (Wildman–Crippen LogP) is 3.73. The maximum atomic E-state index is 15.1. The van der Waals surface area contributed by atoms with Crippen LogP contribution in [0.25, 0.3) is 0 Å². The Morgan fingerprint density at radius 1 is 1.21 bits per heavy atom. The van der Waals surface area contributed by atoms with Crippen LogP contribution in [0.4, 0.5) is 14.9 Å². The molecular weight excluding hydrogens is 489 g/mol. The van der Waals surface area contributed by atoms with E-state index in [-0.39, 0.29) is 18.4 Å². The molecule has 1 N–H and O–H groups in total. The van der Waals surface area contributed by atoms with Gasteiger partial charge in [0.1, 0.15) is 16.2 Å². The smallest absolute Gasteiger partial charge is 0.423 e. The van der Waals surface area contributed by atoms with Gasteiger partial charge in [0.2, 0.25) is 10.0 Å². The van der Waals surface area contributed by atoms with Crippen LogP contribution in [0.2, 0.25) is 0 Å². The minimum atomic E-state index is -4.52. The Labute approximate surface area is 202 Å². The van der Waals surface area contributed by atoms with Crippen molar-refractivity contribution in [3.63, 3.8) is 0 Å². The molecule has 13 heteroatoms. The van der Waals surface area contributed by atoms with Crippen LogP contribution in [0, 0.1) is 15.9 Å². The minimum absolute atomic E-state index is 0.00452. The number of hydrogen-bond donors (Lipinski definition) is 1. The number of halogens is 1.